The van der Waals surface area contributed by atoms with Gasteiger partial charge in [-0.3, -0.25) is 9.52 Å². The zero-order valence-corrected chi connectivity index (χ0v) is 12.7. The van der Waals surface area contributed by atoms with Crippen LogP contribution in [0, 0.1) is 0 Å². The van der Waals surface area contributed by atoms with Crippen molar-refractivity contribution in [3.63, 3.8) is 0 Å². The summed E-state index contributed by atoms with van der Waals surface area (Å²) in [6, 6.07) is 11.3. The predicted octanol–water partition coefficient (Wildman–Crippen LogP) is 2.40. The lowest BCUT2D eigenvalue weighted by atomic mass is 10.3. The number of carbonyl (C=O) groups excluding carboxylic acids is 1. The second-order valence-corrected chi connectivity index (χ2v) is 6.22. The minimum Gasteiger partial charge on any atom is -0.321 e. The van der Waals surface area contributed by atoms with Crippen LogP contribution in [0.25, 0.3) is 0 Å². The normalized spacial score (nSPS) is 10.8. The summed E-state index contributed by atoms with van der Waals surface area (Å²) >= 11 is 0. The number of hydrogen-bond donors (Lipinski definition) is 2. The summed E-state index contributed by atoms with van der Waals surface area (Å²) in [5.41, 5.74) is 1.19. The highest BCUT2D eigenvalue weighted by molar-refractivity contribution is 7.92. The number of nitrogens with one attached hydrogen (secondary N) is 2. The zero-order chi connectivity index (χ0) is 16.2. The van der Waals surface area contributed by atoms with Crippen LogP contribution >= 0.6 is 0 Å². The number of benzene rings is 1. The monoisotopic (exact) mass is 317 g/mol. The molecule has 1 aromatic heterocycles. The molecular weight excluding hydrogens is 302 g/mol. The fraction of sp³-hybridized carbons (Fsp3) is 0.0667. The molecule has 22 heavy (non-hydrogen) atoms. The van der Waals surface area contributed by atoms with E-state index in [1.165, 1.54) is 18.3 Å². The van der Waals surface area contributed by atoms with Crippen LogP contribution in [-0.4, -0.2) is 19.3 Å². The molecule has 7 heteroatoms. The molecule has 0 saturated heterocycles. The van der Waals surface area contributed by atoms with Crippen molar-refractivity contribution in [3.8, 4) is 0 Å². The molecule has 2 rings (SSSR count). The highest BCUT2D eigenvalue weighted by Crippen LogP contribution is 2.15. The van der Waals surface area contributed by atoms with Gasteiger partial charge in [-0.25, -0.2) is 4.98 Å². The van der Waals surface area contributed by atoms with Crippen LogP contribution in [0.5, 0.6) is 0 Å². The zero-order valence-electron chi connectivity index (χ0n) is 11.9. The Kier molecular flexibility index (Phi) is 4.57. The van der Waals surface area contributed by atoms with Crippen molar-refractivity contribution >= 4 is 27.3 Å². The average Bonchev–Trinajstić information content (AvgIpc) is 2.48. The quantitative estimate of drug-likeness (QED) is 0.829. The van der Waals surface area contributed by atoms with Gasteiger partial charge in [0, 0.05) is 11.3 Å². The maximum Gasteiger partial charge on any atom is 0.279 e. The Bertz CT molecular complexity index is 785. The van der Waals surface area contributed by atoms with Crippen LogP contribution in [-0.2, 0) is 14.8 Å². The number of pyridine rings is 1. The Morgan fingerprint density at radius 2 is 1.77 bits per heavy atom. The number of para-hydroxylation sites is 1. The molecule has 0 saturated carbocycles. The minimum absolute atomic E-state index is 0.135. The first-order valence-electron chi connectivity index (χ1n) is 6.39. The minimum atomic E-state index is -3.77. The fourth-order valence-electron chi connectivity index (χ4n) is 1.56. The summed E-state index contributed by atoms with van der Waals surface area (Å²) in [5.74, 6) is -0.347. The summed E-state index contributed by atoms with van der Waals surface area (Å²) < 4.78 is 26.8. The van der Waals surface area contributed by atoms with Crippen LogP contribution in [0.4, 0.5) is 11.4 Å². The van der Waals surface area contributed by atoms with Crippen molar-refractivity contribution in [3.05, 3.63) is 60.8 Å². The van der Waals surface area contributed by atoms with Gasteiger partial charge in [0.05, 0.1) is 11.9 Å². The Morgan fingerprint density at radius 3 is 2.32 bits per heavy atom. The Hall–Kier alpha value is -2.67. The molecule has 2 aromatic rings. The number of sulfonamides is 1. The van der Waals surface area contributed by atoms with Gasteiger partial charge < -0.3 is 5.32 Å². The van der Waals surface area contributed by atoms with E-state index in [9.17, 15) is 13.2 Å². The number of nitrogens with zero attached hydrogens (tertiary/aromatic N) is 1. The van der Waals surface area contributed by atoms with Crippen molar-refractivity contribution in [2.24, 2.45) is 0 Å². The standard InChI is InChI=1S/C15H15N3O3S/c1-11(2)15(19)17-13-8-9-14(16-10-13)22(20,21)18-12-6-4-3-5-7-12/h3-10,18H,1H2,2H3,(H,17,19). The van der Waals surface area contributed by atoms with E-state index in [4.69, 9.17) is 0 Å². The van der Waals surface area contributed by atoms with Gasteiger partial charge in [0.15, 0.2) is 5.03 Å². The maximum atomic E-state index is 12.2. The van der Waals surface area contributed by atoms with Gasteiger partial charge in [-0.2, -0.15) is 8.42 Å². The third kappa shape index (κ3) is 3.92. The van der Waals surface area contributed by atoms with Gasteiger partial charge in [0.25, 0.3) is 15.9 Å². The molecule has 0 unspecified atom stereocenters. The first-order valence-corrected chi connectivity index (χ1v) is 7.87. The second-order valence-electron chi connectivity index (χ2n) is 4.59. The molecule has 0 spiro atoms. The predicted molar refractivity (Wildman–Crippen MR) is 84.9 cm³/mol. The Labute approximate surface area is 129 Å². The maximum absolute atomic E-state index is 12.2. The molecular formula is C15H15N3O3S. The summed E-state index contributed by atoms with van der Waals surface area (Å²) in [5, 5.41) is 2.42. The molecule has 0 aliphatic heterocycles. The van der Waals surface area contributed by atoms with E-state index in [1.54, 1.807) is 37.3 Å². The number of amides is 1. The van der Waals surface area contributed by atoms with Gasteiger partial charge in [0.1, 0.15) is 0 Å². The summed E-state index contributed by atoms with van der Waals surface area (Å²) in [6.45, 7) is 5.09. The van der Waals surface area contributed by atoms with E-state index in [-0.39, 0.29) is 10.9 Å². The third-order valence-electron chi connectivity index (χ3n) is 2.68. The van der Waals surface area contributed by atoms with Crippen molar-refractivity contribution in [2.45, 2.75) is 11.9 Å². The van der Waals surface area contributed by atoms with Crippen LogP contribution in [0.2, 0.25) is 0 Å². The molecule has 2 N–H and O–H groups in total. The molecule has 6 nitrogen and oxygen atoms in total. The van der Waals surface area contributed by atoms with Gasteiger partial charge in [0.2, 0.25) is 0 Å². The lowest BCUT2D eigenvalue weighted by Gasteiger charge is -2.08. The number of anilines is 2. The van der Waals surface area contributed by atoms with E-state index in [2.05, 4.69) is 21.6 Å². The SMILES string of the molecule is C=C(C)C(=O)Nc1ccc(S(=O)(=O)Nc2ccccc2)nc1. The average molecular weight is 317 g/mol. The largest absolute Gasteiger partial charge is 0.321 e. The van der Waals surface area contributed by atoms with Crippen LogP contribution in [0.15, 0.2) is 65.8 Å². The smallest absolute Gasteiger partial charge is 0.279 e. The first kappa shape index (κ1) is 15.7. The molecule has 1 heterocycles. The fourth-order valence-corrected chi connectivity index (χ4v) is 2.55. The van der Waals surface area contributed by atoms with E-state index in [0.717, 1.165) is 0 Å². The van der Waals surface area contributed by atoms with Crippen molar-refractivity contribution in [1.82, 2.24) is 4.98 Å². The van der Waals surface area contributed by atoms with Crippen molar-refractivity contribution in [2.75, 3.05) is 10.0 Å². The van der Waals surface area contributed by atoms with Gasteiger partial charge in [-0.05, 0) is 31.2 Å². The van der Waals surface area contributed by atoms with Crippen LogP contribution < -0.4 is 10.0 Å². The van der Waals surface area contributed by atoms with Crippen LogP contribution in [0.3, 0.4) is 0 Å². The molecule has 114 valence electrons. The number of hydrogen-bond acceptors (Lipinski definition) is 4. The summed E-state index contributed by atoms with van der Waals surface area (Å²) in [4.78, 5) is 15.3. The molecule has 0 aliphatic carbocycles. The Morgan fingerprint density at radius 1 is 1.09 bits per heavy atom. The third-order valence-corrected chi connectivity index (χ3v) is 3.98. The Balaban J connectivity index is 2.15. The highest BCUT2D eigenvalue weighted by atomic mass is 32.2. The van der Waals surface area contributed by atoms with E-state index in [0.29, 0.717) is 16.9 Å². The van der Waals surface area contributed by atoms with Crippen molar-refractivity contribution < 1.29 is 13.2 Å². The van der Waals surface area contributed by atoms with E-state index >= 15 is 0 Å². The lowest BCUT2D eigenvalue weighted by molar-refractivity contribution is -0.112. The van der Waals surface area contributed by atoms with Gasteiger partial charge in [-0.15, -0.1) is 0 Å². The lowest BCUT2D eigenvalue weighted by Crippen LogP contribution is -2.15. The topological polar surface area (TPSA) is 88.2 Å². The molecule has 1 aromatic carbocycles. The molecule has 0 fully saturated rings. The highest BCUT2D eigenvalue weighted by Gasteiger charge is 2.15. The molecule has 1 amide bonds. The number of aromatic nitrogens is 1. The van der Waals surface area contributed by atoms with Gasteiger partial charge >= 0.3 is 0 Å². The second kappa shape index (κ2) is 6.40. The first-order chi connectivity index (χ1) is 10.4. The van der Waals surface area contributed by atoms with E-state index in [1.807, 2.05) is 0 Å². The summed E-state index contributed by atoms with van der Waals surface area (Å²) in [6.07, 6.45) is 1.28. The number of carbonyl (C=O) groups is 1. The summed E-state index contributed by atoms with van der Waals surface area (Å²) in [7, 11) is -3.77. The number of rotatable bonds is 5. The van der Waals surface area contributed by atoms with Crippen molar-refractivity contribution in [1.29, 1.82) is 0 Å². The molecule has 0 bridgehead atoms. The molecule has 0 radical (unpaired) electrons. The van der Waals surface area contributed by atoms with E-state index < -0.39 is 10.0 Å². The molecule has 0 aliphatic rings. The van der Waals surface area contributed by atoms with Gasteiger partial charge in [-0.1, -0.05) is 24.8 Å². The molecule has 0 atom stereocenters. The van der Waals surface area contributed by atoms with Crippen LogP contribution in [0.1, 0.15) is 6.92 Å².